The third-order valence-corrected chi connectivity index (χ3v) is 17.7. The van der Waals surface area contributed by atoms with Crippen molar-refractivity contribution in [3.8, 4) is 0 Å². The van der Waals surface area contributed by atoms with Gasteiger partial charge in [-0.25, -0.2) is 0 Å². The molecule has 0 aliphatic rings. The Kier molecular flexibility index (Phi) is 6.86. The number of rotatable bonds is 7. The van der Waals surface area contributed by atoms with Crippen molar-refractivity contribution in [3.63, 3.8) is 0 Å². The monoisotopic (exact) mass is 364 g/mol. The number of hydrogen-bond acceptors (Lipinski definition) is 0. The molecule has 0 fully saturated rings. The summed E-state index contributed by atoms with van der Waals surface area (Å²) in [5.74, 6) is -0.162. The molecule has 0 spiro atoms. The molecule has 0 saturated heterocycles. The van der Waals surface area contributed by atoms with Crippen molar-refractivity contribution in [1.82, 2.24) is 0 Å². The molecule has 0 radical (unpaired) electrons. The molecule has 17 heavy (non-hydrogen) atoms. The summed E-state index contributed by atoms with van der Waals surface area (Å²) in [4.78, 5) is 0. The fraction of sp³-hybridized carbons (Fsp3) is 0.571. The topological polar surface area (TPSA) is 0 Å². The van der Waals surface area contributed by atoms with Gasteiger partial charge < -0.3 is 0 Å². The van der Waals surface area contributed by atoms with Gasteiger partial charge in [0.25, 0.3) is 0 Å². The van der Waals surface area contributed by atoms with Crippen LogP contribution in [0, 0.1) is 5.82 Å². The maximum atomic E-state index is 13.0. The SMILES string of the molecule is CCC[CH2][Sn]([Cl])([CH2]CCC)[c]1ccc(F)cc1. The zero-order chi connectivity index (χ0) is 12.7. The van der Waals surface area contributed by atoms with Crippen LogP contribution in [0.2, 0.25) is 8.87 Å². The first-order valence-corrected chi connectivity index (χ1v) is 15.6. The first-order chi connectivity index (χ1) is 8.12. The van der Waals surface area contributed by atoms with E-state index in [0.717, 1.165) is 0 Å². The third-order valence-electron chi connectivity index (χ3n) is 3.21. The second kappa shape index (κ2) is 7.62. The molecule has 0 unspecified atom stereocenters. The molecule has 0 bridgehead atoms. The quantitative estimate of drug-likeness (QED) is 0.610. The van der Waals surface area contributed by atoms with Gasteiger partial charge in [-0.2, -0.15) is 0 Å². The van der Waals surface area contributed by atoms with E-state index < -0.39 is 17.3 Å². The first-order valence-electron chi connectivity index (χ1n) is 6.57. The molecule has 1 aromatic carbocycles. The second-order valence-electron chi connectivity index (χ2n) is 4.68. The van der Waals surface area contributed by atoms with Gasteiger partial charge in [-0.05, 0) is 0 Å². The zero-order valence-corrected chi connectivity index (χ0v) is 14.4. The van der Waals surface area contributed by atoms with Gasteiger partial charge in [0.1, 0.15) is 0 Å². The molecule has 0 amide bonds. The van der Waals surface area contributed by atoms with Gasteiger partial charge in [-0.1, -0.05) is 0 Å². The Morgan fingerprint density at radius 1 is 1.00 bits per heavy atom. The van der Waals surface area contributed by atoms with Crippen LogP contribution >= 0.6 is 8.92 Å². The minimum absolute atomic E-state index is 0.162. The number of hydrogen-bond donors (Lipinski definition) is 0. The van der Waals surface area contributed by atoms with Crippen LogP contribution in [0.5, 0.6) is 0 Å². The van der Waals surface area contributed by atoms with Crippen LogP contribution in [-0.2, 0) is 0 Å². The van der Waals surface area contributed by atoms with E-state index >= 15 is 0 Å². The predicted molar refractivity (Wildman–Crippen MR) is 77.1 cm³/mol. The van der Waals surface area contributed by atoms with E-state index in [0.29, 0.717) is 0 Å². The van der Waals surface area contributed by atoms with E-state index in [2.05, 4.69) is 13.8 Å². The molecule has 0 nitrogen and oxygen atoms in total. The van der Waals surface area contributed by atoms with Crippen LogP contribution in [-0.4, -0.2) is 17.3 Å². The molecule has 0 N–H and O–H groups in total. The van der Waals surface area contributed by atoms with Crippen molar-refractivity contribution in [3.05, 3.63) is 30.1 Å². The molecule has 0 aliphatic heterocycles. The van der Waals surface area contributed by atoms with Crippen molar-refractivity contribution in [2.75, 3.05) is 0 Å². The molecule has 0 aliphatic carbocycles. The molecular weight excluding hydrogens is 341 g/mol. The molecule has 0 atom stereocenters. The van der Waals surface area contributed by atoms with E-state index in [4.69, 9.17) is 8.92 Å². The Bertz CT molecular complexity index is 315. The Morgan fingerprint density at radius 2 is 1.47 bits per heavy atom. The summed E-state index contributed by atoms with van der Waals surface area (Å²) in [6.45, 7) is 4.40. The fourth-order valence-corrected chi connectivity index (χ4v) is 14.5. The van der Waals surface area contributed by atoms with Crippen molar-refractivity contribution in [2.24, 2.45) is 0 Å². The molecule has 1 aromatic rings. The van der Waals surface area contributed by atoms with E-state index in [1.165, 1.54) is 38.1 Å². The Hall–Kier alpha value is 0.239. The fourth-order valence-electron chi connectivity index (χ4n) is 2.08. The van der Waals surface area contributed by atoms with Crippen molar-refractivity contribution in [1.29, 1.82) is 0 Å². The average molecular weight is 363 g/mol. The molecule has 0 heterocycles. The summed E-state index contributed by atoms with van der Waals surface area (Å²) >= 11 is -2.69. The zero-order valence-electron chi connectivity index (χ0n) is 10.8. The number of unbranched alkanes of at least 4 members (excludes halogenated alkanes) is 2. The van der Waals surface area contributed by atoms with Crippen molar-refractivity contribution < 1.29 is 4.39 Å². The predicted octanol–water partition coefficient (Wildman–Crippen LogP) is 4.82. The summed E-state index contributed by atoms with van der Waals surface area (Å²) in [6.07, 6.45) is 4.80. The summed E-state index contributed by atoms with van der Waals surface area (Å²) in [5.41, 5.74) is 0. The van der Waals surface area contributed by atoms with Crippen LogP contribution in [0.1, 0.15) is 39.5 Å². The summed E-state index contributed by atoms with van der Waals surface area (Å²) in [7, 11) is 6.96. The minimum atomic E-state index is -2.69. The second-order valence-corrected chi connectivity index (χ2v) is 19.5. The molecule has 96 valence electrons. The van der Waals surface area contributed by atoms with E-state index in [-0.39, 0.29) is 5.82 Å². The van der Waals surface area contributed by atoms with E-state index in [1.807, 2.05) is 12.1 Å². The average Bonchev–Trinajstić information content (AvgIpc) is 2.34. The Labute approximate surface area is 112 Å². The van der Waals surface area contributed by atoms with Crippen LogP contribution in [0.15, 0.2) is 24.3 Å². The van der Waals surface area contributed by atoms with Crippen LogP contribution < -0.4 is 3.58 Å². The summed E-state index contributed by atoms with van der Waals surface area (Å²) in [5, 5.41) is 0. The van der Waals surface area contributed by atoms with Crippen molar-refractivity contribution >= 4 is 29.8 Å². The molecule has 0 saturated carbocycles. The van der Waals surface area contributed by atoms with Crippen molar-refractivity contribution in [2.45, 2.75) is 48.4 Å². The molecule has 3 heteroatoms. The van der Waals surface area contributed by atoms with Gasteiger partial charge in [0.05, 0.1) is 0 Å². The number of benzene rings is 1. The van der Waals surface area contributed by atoms with Gasteiger partial charge in [-0.3, -0.25) is 0 Å². The standard InChI is InChI=1S/C6H4F.2C4H9.ClH.Sn/c7-6-4-2-1-3-5-6;2*1-3-4-2;;/h2-5H;2*1,3-4H2,2H3;1H;/q;;;;+1/p-1. The normalized spacial score (nSPS) is 11.8. The molecule has 1 rings (SSSR count). The Morgan fingerprint density at radius 3 is 1.88 bits per heavy atom. The first kappa shape index (κ1) is 15.3. The maximum absolute atomic E-state index is 13.0. The number of halogens is 2. The van der Waals surface area contributed by atoms with Gasteiger partial charge >= 0.3 is 113 Å². The van der Waals surface area contributed by atoms with Crippen LogP contribution in [0.4, 0.5) is 4.39 Å². The molecular formula is C14H22ClFSn. The van der Waals surface area contributed by atoms with Crippen LogP contribution in [0.3, 0.4) is 0 Å². The summed E-state index contributed by atoms with van der Waals surface area (Å²) in [6, 6.07) is 6.95. The Balaban J connectivity index is 2.83. The third kappa shape index (κ3) is 4.78. The van der Waals surface area contributed by atoms with E-state index in [1.54, 1.807) is 12.1 Å². The van der Waals surface area contributed by atoms with Crippen LogP contribution in [0.25, 0.3) is 0 Å². The molecule has 0 aromatic heterocycles. The van der Waals surface area contributed by atoms with Gasteiger partial charge in [-0.15, -0.1) is 0 Å². The summed E-state index contributed by atoms with van der Waals surface area (Å²) < 4.78 is 16.6. The van der Waals surface area contributed by atoms with E-state index in [9.17, 15) is 4.39 Å². The van der Waals surface area contributed by atoms with Gasteiger partial charge in [0.15, 0.2) is 0 Å². The van der Waals surface area contributed by atoms with Gasteiger partial charge in [0.2, 0.25) is 0 Å². The van der Waals surface area contributed by atoms with Gasteiger partial charge in [0, 0.05) is 0 Å².